The first kappa shape index (κ1) is 12.0. The molecular weight excluding hydrogens is 236 g/mol. The molecule has 3 fully saturated rings. The SMILES string of the molecule is OC1=CC2CCC3[C@H](CCC4C(O)CC[C@H]43)C2C=C1. The van der Waals surface area contributed by atoms with Crippen molar-refractivity contribution in [2.45, 2.75) is 44.6 Å². The zero-order chi connectivity index (χ0) is 13.0. The first-order valence-corrected chi connectivity index (χ1v) is 8.01. The van der Waals surface area contributed by atoms with Crippen LogP contribution in [0.3, 0.4) is 0 Å². The van der Waals surface area contributed by atoms with Gasteiger partial charge in [0, 0.05) is 0 Å². The maximum atomic E-state index is 10.1. The fourth-order valence-electron chi connectivity index (χ4n) is 5.70. The van der Waals surface area contributed by atoms with Crippen molar-refractivity contribution in [1.29, 1.82) is 0 Å². The summed E-state index contributed by atoms with van der Waals surface area (Å²) in [4.78, 5) is 0. The highest BCUT2D eigenvalue weighted by atomic mass is 16.3. The van der Waals surface area contributed by atoms with E-state index in [0.717, 1.165) is 24.2 Å². The van der Waals surface area contributed by atoms with Gasteiger partial charge < -0.3 is 10.2 Å². The summed E-state index contributed by atoms with van der Waals surface area (Å²) >= 11 is 0. The molecule has 0 radical (unpaired) electrons. The lowest BCUT2D eigenvalue weighted by Gasteiger charge is -2.49. The topological polar surface area (TPSA) is 40.5 Å². The standard InChI is InChI=1S/C17H24O2/c18-11-2-4-12-10(9-11)1-3-14-13(12)5-6-16-15(14)7-8-17(16)19/h2,4,9-10,12-19H,1,3,5-8H2/t10?,12?,13-,14?,15+,16?,17?/m1/s1. The predicted molar refractivity (Wildman–Crippen MR) is 74.5 cm³/mol. The Bertz CT molecular complexity index is 425. The Morgan fingerprint density at radius 3 is 2.42 bits per heavy atom. The zero-order valence-corrected chi connectivity index (χ0v) is 11.4. The van der Waals surface area contributed by atoms with Gasteiger partial charge in [0.2, 0.25) is 0 Å². The van der Waals surface area contributed by atoms with Gasteiger partial charge in [-0.2, -0.15) is 0 Å². The average molecular weight is 260 g/mol. The van der Waals surface area contributed by atoms with Gasteiger partial charge in [0.15, 0.2) is 0 Å². The Hall–Kier alpha value is -0.760. The predicted octanol–water partition coefficient (Wildman–Crippen LogP) is 3.44. The molecule has 7 atom stereocenters. The molecule has 4 aliphatic rings. The van der Waals surface area contributed by atoms with E-state index in [9.17, 15) is 10.2 Å². The molecule has 0 bridgehead atoms. The second-order valence-corrected chi connectivity index (χ2v) is 7.15. The van der Waals surface area contributed by atoms with Crippen LogP contribution in [0.1, 0.15) is 38.5 Å². The number of allylic oxidation sites excluding steroid dienone is 3. The summed E-state index contributed by atoms with van der Waals surface area (Å²) in [6.45, 7) is 0. The normalized spacial score (nSPS) is 52.1. The molecule has 0 spiro atoms. The molecule has 4 aliphatic carbocycles. The maximum Gasteiger partial charge on any atom is 0.111 e. The first-order valence-electron chi connectivity index (χ1n) is 8.01. The lowest BCUT2D eigenvalue weighted by molar-refractivity contribution is -0.00263. The Labute approximate surface area is 115 Å². The first-order chi connectivity index (χ1) is 9.24. The van der Waals surface area contributed by atoms with E-state index in [1.54, 1.807) is 0 Å². The Morgan fingerprint density at radius 2 is 1.53 bits per heavy atom. The highest BCUT2D eigenvalue weighted by molar-refractivity contribution is 5.22. The van der Waals surface area contributed by atoms with E-state index in [0.29, 0.717) is 23.5 Å². The van der Waals surface area contributed by atoms with E-state index in [-0.39, 0.29) is 6.10 Å². The summed E-state index contributed by atoms with van der Waals surface area (Å²) in [5, 5.41) is 19.8. The fourth-order valence-corrected chi connectivity index (χ4v) is 5.70. The van der Waals surface area contributed by atoms with Gasteiger partial charge in [-0.25, -0.2) is 0 Å². The number of fused-ring (bicyclic) bond motifs is 5. The fraction of sp³-hybridized carbons (Fsp3) is 0.765. The van der Waals surface area contributed by atoms with Crippen LogP contribution in [-0.4, -0.2) is 16.3 Å². The molecular formula is C17H24O2. The summed E-state index contributed by atoms with van der Waals surface area (Å²) in [6.07, 6.45) is 13.5. The second kappa shape index (κ2) is 4.37. The van der Waals surface area contributed by atoms with Crippen LogP contribution in [0.25, 0.3) is 0 Å². The van der Waals surface area contributed by atoms with Crippen molar-refractivity contribution in [3.05, 3.63) is 24.0 Å². The van der Waals surface area contributed by atoms with Crippen LogP contribution in [0.2, 0.25) is 0 Å². The van der Waals surface area contributed by atoms with Crippen molar-refractivity contribution in [3.63, 3.8) is 0 Å². The molecule has 0 aromatic heterocycles. The van der Waals surface area contributed by atoms with E-state index < -0.39 is 0 Å². The average Bonchev–Trinajstić information content (AvgIpc) is 2.80. The smallest absolute Gasteiger partial charge is 0.111 e. The number of hydrogen-bond acceptors (Lipinski definition) is 2. The van der Waals surface area contributed by atoms with Gasteiger partial charge in [-0.3, -0.25) is 0 Å². The van der Waals surface area contributed by atoms with Gasteiger partial charge in [0.25, 0.3) is 0 Å². The van der Waals surface area contributed by atoms with Crippen LogP contribution >= 0.6 is 0 Å². The summed E-state index contributed by atoms with van der Waals surface area (Å²) in [7, 11) is 0. The van der Waals surface area contributed by atoms with Gasteiger partial charge in [-0.05, 0) is 86.2 Å². The van der Waals surface area contributed by atoms with Gasteiger partial charge in [0.05, 0.1) is 6.10 Å². The molecule has 5 unspecified atom stereocenters. The lowest BCUT2D eigenvalue weighted by Crippen LogP contribution is -2.43. The number of hydrogen-bond donors (Lipinski definition) is 2. The Kier molecular flexibility index (Phi) is 2.77. The minimum atomic E-state index is -0.0190. The molecule has 19 heavy (non-hydrogen) atoms. The van der Waals surface area contributed by atoms with Crippen LogP contribution in [0.5, 0.6) is 0 Å². The molecule has 3 saturated carbocycles. The van der Waals surface area contributed by atoms with Crippen molar-refractivity contribution in [2.75, 3.05) is 0 Å². The Morgan fingerprint density at radius 1 is 0.842 bits per heavy atom. The van der Waals surface area contributed by atoms with Crippen molar-refractivity contribution in [2.24, 2.45) is 35.5 Å². The summed E-state index contributed by atoms with van der Waals surface area (Å²) in [6, 6.07) is 0. The van der Waals surface area contributed by atoms with Gasteiger partial charge >= 0.3 is 0 Å². The third-order valence-electron chi connectivity index (χ3n) is 6.47. The molecule has 2 N–H and O–H groups in total. The highest BCUT2D eigenvalue weighted by Gasteiger charge is 2.50. The molecule has 2 heteroatoms. The third-order valence-corrected chi connectivity index (χ3v) is 6.47. The molecule has 0 saturated heterocycles. The summed E-state index contributed by atoms with van der Waals surface area (Å²) < 4.78 is 0. The molecule has 4 rings (SSSR count). The zero-order valence-electron chi connectivity index (χ0n) is 11.4. The Balaban J connectivity index is 1.58. The van der Waals surface area contributed by atoms with Crippen molar-refractivity contribution in [1.82, 2.24) is 0 Å². The highest BCUT2D eigenvalue weighted by Crippen LogP contribution is 2.56. The summed E-state index contributed by atoms with van der Waals surface area (Å²) in [5.74, 6) is 4.67. The van der Waals surface area contributed by atoms with Crippen LogP contribution in [0.15, 0.2) is 24.0 Å². The van der Waals surface area contributed by atoms with Crippen LogP contribution in [-0.2, 0) is 0 Å². The maximum absolute atomic E-state index is 10.1. The second-order valence-electron chi connectivity index (χ2n) is 7.15. The molecule has 0 aliphatic heterocycles. The monoisotopic (exact) mass is 260 g/mol. The molecule has 2 nitrogen and oxygen atoms in total. The van der Waals surface area contributed by atoms with E-state index in [4.69, 9.17) is 0 Å². The van der Waals surface area contributed by atoms with Crippen LogP contribution < -0.4 is 0 Å². The molecule has 0 heterocycles. The van der Waals surface area contributed by atoms with E-state index in [1.807, 2.05) is 6.08 Å². The van der Waals surface area contributed by atoms with Crippen LogP contribution in [0.4, 0.5) is 0 Å². The van der Waals surface area contributed by atoms with Gasteiger partial charge in [0.1, 0.15) is 5.76 Å². The molecule has 0 aromatic rings. The van der Waals surface area contributed by atoms with Gasteiger partial charge in [-0.15, -0.1) is 0 Å². The summed E-state index contributed by atoms with van der Waals surface area (Å²) in [5.41, 5.74) is 0. The number of aliphatic hydroxyl groups excluding tert-OH is 2. The molecule has 0 amide bonds. The molecule has 0 aromatic carbocycles. The molecule has 104 valence electrons. The van der Waals surface area contributed by atoms with E-state index in [1.165, 1.54) is 32.1 Å². The quantitative estimate of drug-likeness (QED) is 0.700. The minimum absolute atomic E-state index is 0.0190. The largest absolute Gasteiger partial charge is 0.508 e. The van der Waals surface area contributed by atoms with Crippen molar-refractivity contribution >= 4 is 0 Å². The number of rotatable bonds is 0. The van der Waals surface area contributed by atoms with Crippen molar-refractivity contribution < 1.29 is 10.2 Å². The van der Waals surface area contributed by atoms with Crippen molar-refractivity contribution in [3.8, 4) is 0 Å². The minimum Gasteiger partial charge on any atom is -0.508 e. The lowest BCUT2D eigenvalue weighted by atomic mass is 9.55. The number of aliphatic hydroxyl groups is 2. The third kappa shape index (κ3) is 1.79. The van der Waals surface area contributed by atoms with Gasteiger partial charge in [-0.1, -0.05) is 6.08 Å². The van der Waals surface area contributed by atoms with E-state index >= 15 is 0 Å². The van der Waals surface area contributed by atoms with E-state index in [2.05, 4.69) is 12.2 Å². The van der Waals surface area contributed by atoms with Crippen LogP contribution in [0, 0.1) is 35.5 Å².